The zero-order chi connectivity index (χ0) is 19.5. The summed E-state index contributed by atoms with van der Waals surface area (Å²) in [5, 5.41) is 15.0. The van der Waals surface area contributed by atoms with E-state index in [1.807, 2.05) is 6.07 Å². The Bertz CT molecular complexity index is 1190. The number of para-hydroxylation sites is 1. The van der Waals surface area contributed by atoms with E-state index < -0.39 is 11.5 Å². The van der Waals surface area contributed by atoms with Crippen LogP contribution in [0.25, 0.3) is 16.8 Å². The van der Waals surface area contributed by atoms with Gasteiger partial charge in [0, 0.05) is 0 Å². The van der Waals surface area contributed by atoms with Gasteiger partial charge in [0.15, 0.2) is 11.3 Å². The lowest BCUT2D eigenvalue weighted by molar-refractivity contribution is -0.673. The van der Waals surface area contributed by atoms with E-state index >= 15 is 0 Å². The first-order chi connectivity index (χ1) is 13.7. The Kier molecular flexibility index (Phi) is 4.51. The minimum absolute atomic E-state index is 0.00346. The molecule has 6 nitrogen and oxygen atoms in total. The molecule has 0 bridgehead atoms. The average Bonchev–Trinajstić information content (AvgIpc) is 2.75. The van der Waals surface area contributed by atoms with Crippen LogP contribution in [-0.2, 0) is 0 Å². The molecule has 4 rings (SSSR count). The van der Waals surface area contributed by atoms with Crippen molar-refractivity contribution in [2.24, 2.45) is 0 Å². The van der Waals surface area contributed by atoms with Crippen molar-refractivity contribution in [3.05, 3.63) is 107 Å². The fourth-order valence-electron chi connectivity index (χ4n) is 2.92. The number of aromatic nitrogens is 3. The first-order valence-electron chi connectivity index (χ1n) is 8.66. The number of benzene rings is 3. The van der Waals surface area contributed by atoms with E-state index in [1.165, 1.54) is 4.68 Å². The van der Waals surface area contributed by atoms with Crippen LogP contribution in [0.15, 0.2) is 95.8 Å². The SMILES string of the molecule is O=C(c1ccccc1)n1n[n+](-c2ccccc2)c(O)c(-c2ccccc2)c1=O. The normalized spacial score (nSPS) is 10.6. The largest absolute Gasteiger partial charge is 0.476 e. The lowest BCUT2D eigenvalue weighted by Gasteiger charge is -2.07. The van der Waals surface area contributed by atoms with Crippen LogP contribution in [0.2, 0.25) is 0 Å². The maximum atomic E-state index is 13.1. The molecule has 0 aliphatic rings. The van der Waals surface area contributed by atoms with Crippen LogP contribution in [0.3, 0.4) is 0 Å². The van der Waals surface area contributed by atoms with Crippen LogP contribution in [-0.4, -0.2) is 20.9 Å². The van der Waals surface area contributed by atoms with Crippen LogP contribution in [0.4, 0.5) is 0 Å². The second kappa shape index (κ2) is 7.28. The van der Waals surface area contributed by atoms with Gasteiger partial charge in [-0.3, -0.25) is 0 Å². The molecule has 0 radical (unpaired) electrons. The van der Waals surface area contributed by atoms with Gasteiger partial charge in [-0.05, 0) is 34.5 Å². The highest BCUT2D eigenvalue weighted by atomic mass is 16.3. The Balaban J connectivity index is 2.02. The number of rotatable bonds is 3. The molecule has 0 saturated heterocycles. The average molecular weight is 370 g/mol. The lowest BCUT2D eigenvalue weighted by atomic mass is 10.1. The molecule has 0 atom stereocenters. The molecule has 1 aromatic heterocycles. The minimum Gasteiger partial charge on any atom is -0.476 e. The van der Waals surface area contributed by atoms with Crippen molar-refractivity contribution in [2.45, 2.75) is 0 Å². The van der Waals surface area contributed by atoms with Crippen LogP contribution in [0.1, 0.15) is 10.4 Å². The number of aromatic hydroxyl groups is 1. The number of carbonyl (C=O) groups is 1. The summed E-state index contributed by atoms with van der Waals surface area (Å²) in [6.45, 7) is 0. The zero-order valence-corrected chi connectivity index (χ0v) is 14.8. The Morgan fingerprint density at radius 3 is 1.96 bits per heavy atom. The summed E-state index contributed by atoms with van der Waals surface area (Å²) in [6, 6.07) is 26.0. The van der Waals surface area contributed by atoms with Crippen LogP contribution in [0, 0.1) is 0 Å². The van der Waals surface area contributed by atoms with E-state index in [1.54, 1.807) is 84.9 Å². The van der Waals surface area contributed by atoms with E-state index in [9.17, 15) is 14.7 Å². The molecule has 1 heterocycles. The highest BCUT2D eigenvalue weighted by Crippen LogP contribution is 2.22. The van der Waals surface area contributed by atoms with Crippen molar-refractivity contribution in [1.29, 1.82) is 0 Å². The topological polar surface area (TPSA) is 76.1 Å². The fraction of sp³-hybridized carbons (Fsp3) is 0. The molecule has 0 saturated carbocycles. The van der Waals surface area contributed by atoms with Crippen molar-refractivity contribution < 1.29 is 14.6 Å². The van der Waals surface area contributed by atoms with Crippen molar-refractivity contribution in [2.75, 3.05) is 0 Å². The highest BCUT2D eigenvalue weighted by molar-refractivity contribution is 5.95. The predicted octanol–water partition coefficient (Wildman–Crippen LogP) is 2.58. The molecule has 0 spiro atoms. The van der Waals surface area contributed by atoms with Gasteiger partial charge >= 0.3 is 17.3 Å². The quantitative estimate of drug-likeness (QED) is 0.563. The molecular weight excluding hydrogens is 354 g/mol. The third-order valence-electron chi connectivity index (χ3n) is 4.29. The van der Waals surface area contributed by atoms with E-state index in [2.05, 4.69) is 5.21 Å². The molecule has 6 heteroatoms. The van der Waals surface area contributed by atoms with Crippen molar-refractivity contribution in [1.82, 2.24) is 9.90 Å². The van der Waals surface area contributed by atoms with Crippen LogP contribution in [0.5, 0.6) is 5.88 Å². The van der Waals surface area contributed by atoms with E-state index in [4.69, 9.17) is 0 Å². The second-order valence-electron chi connectivity index (χ2n) is 6.09. The van der Waals surface area contributed by atoms with Crippen molar-refractivity contribution in [3.63, 3.8) is 0 Å². The monoisotopic (exact) mass is 370 g/mol. The first-order valence-corrected chi connectivity index (χ1v) is 8.66. The minimum atomic E-state index is -0.690. The van der Waals surface area contributed by atoms with Crippen molar-refractivity contribution in [3.8, 4) is 22.7 Å². The zero-order valence-electron chi connectivity index (χ0n) is 14.8. The van der Waals surface area contributed by atoms with Crippen LogP contribution >= 0.6 is 0 Å². The predicted molar refractivity (Wildman–Crippen MR) is 103 cm³/mol. The maximum absolute atomic E-state index is 13.1. The summed E-state index contributed by atoms with van der Waals surface area (Å²) in [7, 11) is 0. The smallest absolute Gasteiger partial charge is 0.377 e. The lowest BCUT2D eigenvalue weighted by Crippen LogP contribution is -2.46. The third kappa shape index (κ3) is 3.07. The van der Waals surface area contributed by atoms with Gasteiger partial charge in [0.2, 0.25) is 0 Å². The molecule has 136 valence electrons. The molecule has 0 unspecified atom stereocenters. The van der Waals surface area contributed by atoms with E-state index in [0.717, 1.165) is 4.68 Å². The van der Waals surface area contributed by atoms with Gasteiger partial charge in [0.1, 0.15) is 5.21 Å². The summed E-state index contributed by atoms with van der Waals surface area (Å²) in [4.78, 5) is 26.0. The Morgan fingerprint density at radius 1 is 0.821 bits per heavy atom. The Hall–Kier alpha value is -4.06. The van der Waals surface area contributed by atoms with Gasteiger partial charge in [-0.25, -0.2) is 9.59 Å². The number of carbonyl (C=O) groups excluding carboxylic acids is 1. The summed E-state index contributed by atoms with van der Waals surface area (Å²) < 4.78 is 1.97. The molecular formula is C22H16N3O3+. The Labute approximate surface area is 160 Å². The second-order valence-corrected chi connectivity index (χ2v) is 6.09. The first kappa shape index (κ1) is 17.4. The Morgan fingerprint density at radius 2 is 1.36 bits per heavy atom. The highest BCUT2D eigenvalue weighted by Gasteiger charge is 2.30. The molecule has 0 aliphatic heterocycles. The van der Waals surface area contributed by atoms with Gasteiger partial charge in [-0.2, -0.15) is 0 Å². The number of hydrogen-bond donors (Lipinski definition) is 1. The molecule has 0 aliphatic carbocycles. The van der Waals surface area contributed by atoms with E-state index in [0.29, 0.717) is 16.8 Å². The molecule has 0 amide bonds. The van der Waals surface area contributed by atoms with E-state index in [-0.39, 0.29) is 11.4 Å². The van der Waals surface area contributed by atoms with Crippen LogP contribution < -0.4 is 10.2 Å². The standard InChI is InChI=1S/C22H15N3O3/c26-20(17-12-6-2-7-13-17)25-22(28)19(16-10-4-1-5-11-16)21(27)24(23-25)18-14-8-3-9-15-18/h1-15H/p+1. The fourth-order valence-corrected chi connectivity index (χ4v) is 2.92. The molecule has 28 heavy (non-hydrogen) atoms. The third-order valence-corrected chi connectivity index (χ3v) is 4.29. The maximum Gasteiger partial charge on any atom is 0.377 e. The van der Waals surface area contributed by atoms with Gasteiger partial charge < -0.3 is 5.11 Å². The van der Waals surface area contributed by atoms with Gasteiger partial charge in [0.05, 0.1) is 5.56 Å². The van der Waals surface area contributed by atoms with Crippen molar-refractivity contribution >= 4 is 5.91 Å². The number of nitrogens with zero attached hydrogens (tertiary/aromatic N) is 3. The summed E-state index contributed by atoms with van der Waals surface area (Å²) in [5.74, 6) is -0.910. The molecule has 0 fully saturated rings. The molecule has 1 N–H and O–H groups in total. The summed E-state index contributed by atoms with van der Waals surface area (Å²) >= 11 is 0. The number of hydrogen-bond acceptors (Lipinski definition) is 4. The summed E-state index contributed by atoms with van der Waals surface area (Å²) in [6.07, 6.45) is 0. The summed E-state index contributed by atoms with van der Waals surface area (Å²) in [5.41, 5.74) is 0.647. The van der Waals surface area contributed by atoms with Gasteiger partial charge in [-0.15, -0.1) is 0 Å². The van der Waals surface area contributed by atoms with Gasteiger partial charge in [-0.1, -0.05) is 71.4 Å². The van der Waals surface area contributed by atoms with Gasteiger partial charge in [0.25, 0.3) is 0 Å². The molecule has 4 aromatic rings. The molecule has 3 aromatic carbocycles.